The van der Waals surface area contributed by atoms with E-state index in [0.29, 0.717) is 24.7 Å². The van der Waals surface area contributed by atoms with Gasteiger partial charge >= 0.3 is 11.9 Å². The van der Waals surface area contributed by atoms with Gasteiger partial charge in [-0.05, 0) is 202 Å². The van der Waals surface area contributed by atoms with E-state index >= 15 is 0 Å². The molecule has 10 rings (SSSR count). The standard InChI is InChI=1S/C26H34N2O3.C18H22N2O3.C8H14O/c1-2-30-25(29)19-9-15-28(16-10-19)18-21-4-3-20-17-23(5-6-24(20)27-21)31-22-7-11-26(12-8-22)13-14-26;1-2-23-18(22)13-7-9-20(10-8-13)12-15-4-3-14-11-16(21)5-6-17(14)19-15;9-7-1-3-8(4-2-7)5-6-8/h3-6,17,19,22H,2,7-16,18H2,1H3;3-6,11,13,21H,2,7-10,12H2,1H3;7,9H,1-6H2. The Balaban J connectivity index is 0.000000148. The minimum absolute atomic E-state index is 0.0377. The van der Waals surface area contributed by atoms with Gasteiger partial charge in [0.2, 0.25) is 0 Å². The van der Waals surface area contributed by atoms with Gasteiger partial charge in [0.15, 0.2) is 0 Å². The molecule has 340 valence electrons. The van der Waals surface area contributed by atoms with Crippen LogP contribution >= 0.6 is 0 Å². The van der Waals surface area contributed by atoms with Gasteiger partial charge in [-0.25, -0.2) is 0 Å². The van der Waals surface area contributed by atoms with Gasteiger partial charge in [0.1, 0.15) is 11.5 Å². The summed E-state index contributed by atoms with van der Waals surface area (Å²) in [5, 5.41) is 20.7. The maximum atomic E-state index is 11.9. The SMILES string of the molecule is CCOC(=O)C1CCN(Cc2ccc3cc(O)ccc3n2)CC1.CCOC(=O)C1CCN(Cc2ccc3cc(OC4CCC5(CC4)CC5)ccc3n2)CC1.OC1CCC2(CC1)CC2. The number of nitrogens with zero attached hydrogens (tertiary/aromatic N) is 4. The first-order valence-electron chi connectivity index (χ1n) is 24.2. The van der Waals surface area contributed by atoms with Gasteiger partial charge in [-0.2, -0.15) is 0 Å². The minimum Gasteiger partial charge on any atom is -0.508 e. The van der Waals surface area contributed by atoms with Crippen molar-refractivity contribution < 1.29 is 34.0 Å². The number of piperidine rings is 2. The van der Waals surface area contributed by atoms with E-state index in [1.807, 2.05) is 32.0 Å². The average Bonchev–Trinajstić information content (AvgIpc) is 4.25. The van der Waals surface area contributed by atoms with Crippen molar-refractivity contribution in [3.05, 3.63) is 72.1 Å². The van der Waals surface area contributed by atoms with Gasteiger partial charge in [0, 0.05) is 23.9 Å². The third-order valence-corrected chi connectivity index (χ3v) is 14.9. The van der Waals surface area contributed by atoms with Crippen molar-refractivity contribution in [2.24, 2.45) is 22.7 Å². The van der Waals surface area contributed by atoms with E-state index in [4.69, 9.17) is 24.3 Å². The molecule has 0 amide bonds. The number of carbonyl (C=O) groups is 2. The lowest BCUT2D eigenvalue weighted by molar-refractivity contribution is -0.150. The number of aliphatic hydroxyl groups excluding tert-OH is 1. The molecule has 4 aliphatic carbocycles. The first kappa shape index (κ1) is 45.3. The Hall–Kier alpha value is -4.32. The largest absolute Gasteiger partial charge is 0.508 e. The summed E-state index contributed by atoms with van der Waals surface area (Å²) >= 11 is 0. The lowest BCUT2D eigenvalue weighted by atomic mass is 9.85. The number of carbonyl (C=O) groups excluding carboxylic acids is 2. The van der Waals surface area contributed by atoms with E-state index < -0.39 is 0 Å². The lowest BCUT2D eigenvalue weighted by Gasteiger charge is -2.30. The molecule has 0 atom stereocenters. The Kier molecular flexibility index (Phi) is 14.8. The fourth-order valence-corrected chi connectivity index (χ4v) is 10.3. The molecule has 2 aromatic carbocycles. The molecule has 11 heteroatoms. The summed E-state index contributed by atoms with van der Waals surface area (Å²) in [4.78, 5) is 37.9. The Morgan fingerprint density at radius 3 is 1.54 bits per heavy atom. The Bertz CT molecular complexity index is 2140. The molecular formula is C52H70N4O7. The molecule has 4 aromatic rings. The number of phenols is 1. The second-order valence-electron chi connectivity index (χ2n) is 19.5. The summed E-state index contributed by atoms with van der Waals surface area (Å²) in [5.41, 5.74) is 5.46. The smallest absolute Gasteiger partial charge is 0.309 e. The maximum absolute atomic E-state index is 11.9. The fourth-order valence-electron chi connectivity index (χ4n) is 10.3. The number of rotatable bonds is 10. The van der Waals surface area contributed by atoms with E-state index in [0.717, 1.165) is 122 Å². The van der Waals surface area contributed by atoms with E-state index in [1.54, 1.807) is 12.1 Å². The van der Waals surface area contributed by atoms with Gasteiger partial charge in [0.25, 0.3) is 0 Å². The van der Waals surface area contributed by atoms with Crippen LogP contribution in [0.5, 0.6) is 11.5 Å². The zero-order valence-electron chi connectivity index (χ0n) is 37.8. The first-order valence-corrected chi connectivity index (χ1v) is 24.2. The van der Waals surface area contributed by atoms with Crippen LogP contribution in [0.3, 0.4) is 0 Å². The number of phenolic OH excluding ortho intramolecular Hbond substituents is 1. The van der Waals surface area contributed by atoms with Crippen LogP contribution in [-0.2, 0) is 32.2 Å². The van der Waals surface area contributed by atoms with Crippen LogP contribution in [0.15, 0.2) is 60.7 Å². The van der Waals surface area contributed by atoms with Crippen molar-refractivity contribution in [1.82, 2.24) is 19.8 Å². The number of benzene rings is 2. The Morgan fingerprint density at radius 1 is 0.603 bits per heavy atom. The van der Waals surface area contributed by atoms with E-state index in [-0.39, 0.29) is 35.6 Å². The molecule has 0 radical (unpaired) electrons. The Labute approximate surface area is 373 Å². The third kappa shape index (κ3) is 12.5. The number of hydrogen-bond donors (Lipinski definition) is 2. The topological polar surface area (TPSA) is 135 Å². The quantitative estimate of drug-likeness (QED) is 0.148. The zero-order chi connectivity index (χ0) is 43.8. The normalized spacial score (nSPS) is 22.4. The molecule has 0 bridgehead atoms. The van der Waals surface area contributed by atoms with Crippen molar-refractivity contribution in [2.45, 2.75) is 142 Å². The molecule has 11 nitrogen and oxygen atoms in total. The molecule has 2 N–H and O–H groups in total. The highest BCUT2D eigenvalue weighted by Gasteiger charge is 2.45. The minimum atomic E-state index is -0.0595. The Morgan fingerprint density at radius 2 is 1.06 bits per heavy atom. The van der Waals surface area contributed by atoms with Crippen molar-refractivity contribution in [1.29, 1.82) is 0 Å². The van der Waals surface area contributed by atoms with Gasteiger partial charge in [-0.3, -0.25) is 29.4 Å². The average molecular weight is 863 g/mol. The lowest BCUT2D eigenvalue weighted by Crippen LogP contribution is -2.36. The monoisotopic (exact) mass is 863 g/mol. The van der Waals surface area contributed by atoms with Crippen LogP contribution < -0.4 is 4.74 Å². The van der Waals surface area contributed by atoms with Crippen LogP contribution in [0.1, 0.15) is 128 Å². The summed E-state index contributed by atoms with van der Waals surface area (Å²) in [6.45, 7) is 9.85. The molecule has 6 fully saturated rings. The highest BCUT2D eigenvalue weighted by Crippen LogP contribution is 2.57. The van der Waals surface area contributed by atoms with Crippen LogP contribution in [0.25, 0.3) is 21.8 Å². The zero-order valence-corrected chi connectivity index (χ0v) is 37.8. The molecule has 2 aliphatic heterocycles. The molecule has 4 saturated carbocycles. The number of pyridine rings is 2. The van der Waals surface area contributed by atoms with Crippen molar-refractivity contribution in [2.75, 3.05) is 39.4 Å². The summed E-state index contributed by atoms with van der Waals surface area (Å²) in [6.07, 6.45) is 19.4. The summed E-state index contributed by atoms with van der Waals surface area (Å²) in [7, 11) is 0. The number of fused-ring (bicyclic) bond motifs is 2. The van der Waals surface area contributed by atoms with Crippen LogP contribution in [0.4, 0.5) is 0 Å². The summed E-state index contributed by atoms with van der Waals surface area (Å²) in [6, 6.07) is 19.8. The number of hydrogen-bond acceptors (Lipinski definition) is 11. The van der Waals surface area contributed by atoms with Crippen molar-refractivity contribution >= 4 is 33.7 Å². The molecule has 63 heavy (non-hydrogen) atoms. The number of ether oxygens (including phenoxy) is 3. The number of esters is 2. The molecule has 4 heterocycles. The molecule has 6 aliphatic rings. The summed E-state index contributed by atoms with van der Waals surface area (Å²) in [5.74, 6) is 1.23. The number of aliphatic hydroxyl groups is 1. The highest BCUT2D eigenvalue weighted by molar-refractivity contribution is 5.81. The first-order chi connectivity index (χ1) is 30.6. The molecule has 2 saturated heterocycles. The second-order valence-corrected chi connectivity index (χ2v) is 19.5. The summed E-state index contributed by atoms with van der Waals surface area (Å²) < 4.78 is 16.6. The van der Waals surface area contributed by atoms with Crippen LogP contribution in [0, 0.1) is 22.7 Å². The van der Waals surface area contributed by atoms with Gasteiger partial charge in [-0.15, -0.1) is 0 Å². The van der Waals surface area contributed by atoms with Crippen molar-refractivity contribution in [3.8, 4) is 11.5 Å². The maximum Gasteiger partial charge on any atom is 0.309 e. The molecular weight excluding hydrogens is 793 g/mol. The molecule has 2 aromatic heterocycles. The number of aromatic hydroxyl groups is 1. The van der Waals surface area contributed by atoms with Gasteiger partial charge in [0.05, 0.1) is 59.7 Å². The third-order valence-electron chi connectivity index (χ3n) is 14.9. The van der Waals surface area contributed by atoms with Crippen LogP contribution in [0.2, 0.25) is 0 Å². The predicted octanol–water partition coefficient (Wildman–Crippen LogP) is 9.53. The fraction of sp³-hybridized carbons (Fsp3) is 0.615. The van der Waals surface area contributed by atoms with Crippen molar-refractivity contribution in [3.63, 3.8) is 0 Å². The van der Waals surface area contributed by atoms with Gasteiger partial charge in [-0.1, -0.05) is 12.1 Å². The second kappa shape index (κ2) is 20.7. The highest BCUT2D eigenvalue weighted by atomic mass is 16.5. The molecule has 2 spiro atoms. The predicted molar refractivity (Wildman–Crippen MR) is 245 cm³/mol. The molecule has 0 unspecified atom stereocenters. The van der Waals surface area contributed by atoms with Crippen LogP contribution in [-0.4, -0.2) is 93.5 Å². The van der Waals surface area contributed by atoms with E-state index in [9.17, 15) is 14.7 Å². The number of aromatic nitrogens is 2. The van der Waals surface area contributed by atoms with E-state index in [1.165, 1.54) is 64.2 Å². The van der Waals surface area contributed by atoms with Gasteiger partial charge < -0.3 is 24.4 Å². The number of likely N-dealkylation sites (tertiary alicyclic amines) is 2. The van der Waals surface area contributed by atoms with E-state index in [2.05, 4.69) is 45.1 Å².